The summed E-state index contributed by atoms with van der Waals surface area (Å²) < 4.78 is 22.4. The summed E-state index contributed by atoms with van der Waals surface area (Å²) in [5, 5.41) is 10.2. The van der Waals surface area contributed by atoms with Gasteiger partial charge < -0.3 is 24.1 Å². The van der Waals surface area contributed by atoms with E-state index in [4.69, 9.17) is 23.9 Å². The first-order valence-electron chi connectivity index (χ1n) is 9.83. The van der Waals surface area contributed by atoms with Crippen LogP contribution in [0.5, 0.6) is 23.3 Å². The van der Waals surface area contributed by atoms with Gasteiger partial charge in [-0.05, 0) is 31.0 Å². The normalized spacial score (nSPS) is 21.9. The Morgan fingerprint density at radius 1 is 1.00 bits per heavy atom. The van der Waals surface area contributed by atoms with Crippen molar-refractivity contribution in [2.75, 3.05) is 27.9 Å². The smallest absolute Gasteiger partial charge is 0.229 e. The number of rotatable bonds is 6. The quantitative estimate of drug-likeness (QED) is 0.730. The largest absolute Gasteiger partial charge is 0.493 e. The number of nitrogens with zero attached hydrogens (tertiary/aromatic N) is 3. The molecule has 3 atom stereocenters. The van der Waals surface area contributed by atoms with Crippen LogP contribution in [0.3, 0.4) is 0 Å². The highest BCUT2D eigenvalue weighted by molar-refractivity contribution is 6.17. The van der Waals surface area contributed by atoms with E-state index < -0.39 is 6.10 Å². The minimum atomic E-state index is -0.516. The van der Waals surface area contributed by atoms with Crippen molar-refractivity contribution in [3.05, 3.63) is 47.3 Å². The summed E-state index contributed by atoms with van der Waals surface area (Å²) in [4.78, 5) is 13.5. The molecule has 1 aliphatic carbocycles. The van der Waals surface area contributed by atoms with Gasteiger partial charge in [0.15, 0.2) is 11.5 Å². The topological polar surface area (TPSA) is 95.3 Å². The molecule has 1 aliphatic heterocycles. The zero-order valence-electron chi connectivity index (χ0n) is 17.5. The SMILES string of the molecule is CCOc1cc2c(cc1OC)C(c1c(OC)ncnc1OC)=N[C@@H]1C=C[C@H](O)C[C@H]21. The Hall–Kier alpha value is -3.13. The van der Waals surface area contributed by atoms with Crippen molar-refractivity contribution in [2.45, 2.75) is 31.4 Å². The summed E-state index contributed by atoms with van der Waals surface area (Å²) in [6, 6.07) is 3.75. The second-order valence-corrected chi connectivity index (χ2v) is 7.05. The summed E-state index contributed by atoms with van der Waals surface area (Å²) in [7, 11) is 4.70. The standard InChI is InChI=1S/C22H25N3O5/c1-5-30-18-9-13-14-8-12(26)6-7-16(14)25-20(15(13)10-17(18)27-2)19-21(28-3)23-11-24-22(19)29-4/h6-7,9-12,14,16,26H,5,8H2,1-4H3/t12-,14+,16+/m0/s1. The molecule has 0 amide bonds. The van der Waals surface area contributed by atoms with Gasteiger partial charge in [0.1, 0.15) is 11.9 Å². The van der Waals surface area contributed by atoms with Crippen LogP contribution in [0, 0.1) is 0 Å². The first-order valence-corrected chi connectivity index (χ1v) is 9.83. The zero-order chi connectivity index (χ0) is 21.3. The van der Waals surface area contributed by atoms with Gasteiger partial charge in [0.2, 0.25) is 11.8 Å². The monoisotopic (exact) mass is 411 g/mol. The van der Waals surface area contributed by atoms with Gasteiger partial charge in [0.05, 0.1) is 45.8 Å². The van der Waals surface area contributed by atoms with E-state index in [-0.39, 0.29) is 12.0 Å². The maximum absolute atomic E-state index is 10.2. The fourth-order valence-corrected chi connectivity index (χ4v) is 4.10. The molecular weight excluding hydrogens is 386 g/mol. The van der Waals surface area contributed by atoms with Crippen LogP contribution in [0.15, 0.2) is 35.6 Å². The molecule has 0 bridgehead atoms. The van der Waals surface area contributed by atoms with Crippen molar-refractivity contribution in [2.24, 2.45) is 4.99 Å². The predicted molar refractivity (Wildman–Crippen MR) is 111 cm³/mol. The summed E-state index contributed by atoms with van der Waals surface area (Å²) in [5.41, 5.74) is 3.10. The lowest BCUT2D eigenvalue weighted by molar-refractivity contribution is 0.190. The van der Waals surface area contributed by atoms with E-state index in [1.54, 1.807) is 27.4 Å². The lowest BCUT2D eigenvalue weighted by Gasteiger charge is -2.34. The Kier molecular flexibility index (Phi) is 5.59. The highest BCUT2D eigenvalue weighted by atomic mass is 16.5. The molecule has 0 saturated heterocycles. The summed E-state index contributed by atoms with van der Waals surface area (Å²) >= 11 is 0. The van der Waals surface area contributed by atoms with E-state index in [1.165, 1.54) is 6.33 Å². The van der Waals surface area contributed by atoms with Gasteiger partial charge in [-0.1, -0.05) is 12.2 Å². The fraction of sp³-hybridized carbons (Fsp3) is 0.409. The van der Waals surface area contributed by atoms with Crippen LogP contribution >= 0.6 is 0 Å². The Balaban J connectivity index is 1.99. The lowest BCUT2D eigenvalue weighted by Crippen LogP contribution is -2.31. The first kappa shape index (κ1) is 20.2. The van der Waals surface area contributed by atoms with Gasteiger partial charge >= 0.3 is 0 Å². The maximum Gasteiger partial charge on any atom is 0.229 e. The van der Waals surface area contributed by atoms with Gasteiger partial charge in [0.25, 0.3) is 0 Å². The number of aliphatic hydroxyl groups is 1. The number of aliphatic hydroxyl groups excluding tert-OH is 1. The van der Waals surface area contributed by atoms with Crippen molar-refractivity contribution in [3.63, 3.8) is 0 Å². The first-order chi connectivity index (χ1) is 14.6. The third-order valence-electron chi connectivity index (χ3n) is 5.41. The Labute approximate surface area is 175 Å². The Morgan fingerprint density at radius 2 is 1.73 bits per heavy atom. The van der Waals surface area contributed by atoms with Gasteiger partial charge in [-0.2, -0.15) is 0 Å². The molecule has 4 rings (SSSR count). The number of hydrogen-bond donors (Lipinski definition) is 1. The van der Waals surface area contributed by atoms with E-state index in [0.717, 1.165) is 11.1 Å². The van der Waals surface area contributed by atoms with E-state index >= 15 is 0 Å². The number of ether oxygens (including phenoxy) is 4. The Bertz CT molecular complexity index is 982. The van der Waals surface area contributed by atoms with Crippen LogP contribution in [-0.2, 0) is 0 Å². The van der Waals surface area contributed by atoms with Crippen molar-refractivity contribution in [1.29, 1.82) is 0 Å². The van der Waals surface area contributed by atoms with Crippen LogP contribution in [0.4, 0.5) is 0 Å². The number of hydrogen-bond acceptors (Lipinski definition) is 8. The molecule has 2 heterocycles. The molecule has 1 aromatic carbocycles. The molecule has 0 radical (unpaired) electrons. The maximum atomic E-state index is 10.2. The molecule has 2 aliphatic rings. The fourth-order valence-electron chi connectivity index (χ4n) is 4.10. The highest BCUT2D eigenvalue weighted by Crippen LogP contribution is 2.44. The molecule has 0 unspecified atom stereocenters. The van der Waals surface area contributed by atoms with Gasteiger partial charge in [-0.25, -0.2) is 9.97 Å². The summed E-state index contributed by atoms with van der Waals surface area (Å²) in [6.07, 6.45) is 5.18. The molecule has 1 N–H and O–H groups in total. The molecule has 1 aromatic heterocycles. The van der Waals surface area contributed by atoms with Crippen LogP contribution in [-0.4, -0.2) is 60.9 Å². The molecule has 8 nitrogen and oxygen atoms in total. The van der Waals surface area contributed by atoms with Gasteiger partial charge in [0, 0.05) is 11.5 Å². The Morgan fingerprint density at radius 3 is 2.37 bits per heavy atom. The number of benzene rings is 1. The summed E-state index contributed by atoms with van der Waals surface area (Å²) in [5.74, 6) is 2.01. The van der Waals surface area contributed by atoms with Gasteiger partial charge in [-0.15, -0.1) is 0 Å². The number of fused-ring (bicyclic) bond motifs is 3. The average molecular weight is 411 g/mol. The number of aliphatic imine (C=N–C) groups is 1. The number of methoxy groups -OCH3 is 3. The van der Waals surface area contributed by atoms with Crippen molar-refractivity contribution >= 4 is 5.71 Å². The predicted octanol–water partition coefficient (Wildman–Crippen LogP) is 2.53. The lowest BCUT2D eigenvalue weighted by atomic mass is 9.77. The second kappa shape index (κ2) is 8.31. The van der Waals surface area contributed by atoms with Crippen molar-refractivity contribution in [1.82, 2.24) is 9.97 Å². The second-order valence-electron chi connectivity index (χ2n) is 7.05. The van der Waals surface area contributed by atoms with Crippen LogP contribution in [0.25, 0.3) is 0 Å². The highest BCUT2D eigenvalue weighted by Gasteiger charge is 2.37. The molecular formula is C22H25N3O5. The van der Waals surface area contributed by atoms with Gasteiger partial charge in [-0.3, -0.25) is 4.99 Å². The van der Waals surface area contributed by atoms with Crippen molar-refractivity contribution in [3.8, 4) is 23.3 Å². The molecule has 0 saturated carbocycles. The average Bonchev–Trinajstić information content (AvgIpc) is 2.78. The third-order valence-corrected chi connectivity index (χ3v) is 5.41. The molecule has 0 fully saturated rings. The van der Waals surface area contributed by atoms with E-state index in [9.17, 15) is 5.11 Å². The van der Waals surface area contributed by atoms with Crippen molar-refractivity contribution < 1.29 is 24.1 Å². The van der Waals surface area contributed by atoms with E-state index in [2.05, 4.69) is 9.97 Å². The molecule has 2 aromatic rings. The minimum absolute atomic E-state index is 0.00971. The molecule has 8 heteroatoms. The van der Waals surface area contributed by atoms with E-state index in [0.29, 0.717) is 47.6 Å². The van der Waals surface area contributed by atoms with E-state index in [1.807, 2.05) is 25.1 Å². The molecule has 0 spiro atoms. The third kappa shape index (κ3) is 3.37. The van der Waals surface area contributed by atoms with Crippen LogP contribution in [0.2, 0.25) is 0 Å². The minimum Gasteiger partial charge on any atom is -0.493 e. The summed E-state index contributed by atoms with van der Waals surface area (Å²) in [6.45, 7) is 2.44. The number of aromatic nitrogens is 2. The van der Waals surface area contributed by atoms with Crippen LogP contribution in [0.1, 0.15) is 36.0 Å². The zero-order valence-corrected chi connectivity index (χ0v) is 17.5. The van der Waals surface area contributed by atoms with Crippen LogP contribution < -0.4 is 18.9 Å². The molecule has 30 heavy (non-hydrogen) atoms. The molecule has 158 valence electrons.